The van der Waals surface area contributed by atoms with Crippen molar-refractivity contribution in [2.24, 2.45) is 0 Å². The molecular formula is C11H23N3O2. The van der Waals surface area contributed by atoms with E-state index in [9.17, 15) is 4.79 Å². The zero-order valence-corrected chi connectivity index (χ0v) is 10.4. The lowest BCUT2D eigenvalue weighted by Gasteiger charge is -2.29. The third-order valence-electron chi connectivity index (χ3n) is 3.14. The number of carboxylic acid groups (broad SMARTS) is 1. The summed E-state index contributed by atoms with van der Waals surface area (Å²) in [7, 11) is 5.82. The Morgan fingerprint density at radius 2 is 2.31 bits per heavy atom. The van der Waals surface area contributed by atoms with E-state index in [4.69, 9.17) is 5.11 Å². The van der Waals surface area contributed by atoms with Crippen LogP contribution in [0.3, 0.4) is 0 Å². The van der Waals surface area contributed by atoms with Gasteiger partial charge in [0.15, 0.2) is 0 Å². The Hall–Kier alpha value is -0.650. The van der Waals surface area contributed by atoms with E-state index in [1.165, 1.54) is 12.8 Å². The summed E-state index contributed by atoms with van der Waals surface area (Å²) in [6.07, 6.45) is 2.35. The molecule has 0 aromatic heterocycles. The Morgan fingerprint density at radius 3 is 2.81 bits per heavy atom. The van der Waals surface area contributed by atoms with E-state index in [1.807, 2.05) is 0 Å². The van der Waals surface area contributed by atoms with Crippen LogP contribution in [0.25, 0.3) is 0 Å². The zero-order valence-electron chi connectivity index (χ0n) is 10.4. The Morgan fingerprint density at radius 1 is 1.62 bits per heavy atom. The first kappa shape index (κ1) is 13.4. The molecule has 1 saturated heterocycles. The first-order chi connectivity index (χ1) is 7.54. The molecule has 0 bridgehead atoms. The highest BCUT2D eigenvalue weighted by Crippen LogP contribution is 2.17. The van der Waals surface area contributed by atoms with Crippen LogP contribution >= 0.6 is 0 Å². The van der Waals surface area contributed by atoms with Gasteiger partial charge in [-0.15, -0.1) is 0 Å². The highest BCUT2D eigenvalue weighted by Gasteiger charge is 2.28. The molecule has 16 heavy (non-hydrogen) atoms. The quantitative estimate of drug-likeness (QED) is 0.654. The number of rotatable bonds is 6. The number of likely N-dealkylation sites (tertiary alicyclic amines) is 1. The van der Waals surface area contributed by atoms with E-state index in [-0.39, 0.29) is 0 Å². The van der Waals surface area contributed by atoms with Crippen molar-refractivity contribution in [1.29, 1.82) is 0 Å². The second-order valence-corrected chi connectivity index (χ2v) is 4.73. The average Bonchev–Trinajstić information content (AvgIpc) is 2.60. The molecule has 0 aliphatic carbocycles. The Bertz CT molecular complexity index is 233. The first-order valence-corrected chi connectivity index (χ1v) is 5.83. The molecule has 2 unspecified atom stereocenters. The minimum Gasteiger partial charge on any atom is -0.480 e. The summed E-state index contributed by atoms with van der Waals surface area (Å²) in [5, 5.41) is 11.8. The lowest BCUT2D eigenvalue weighted by molar-refractivity contribution is -0.139. The van der Waals surface area contributed by atoms with Crippen molar-refractivity contribution in [3.8, 4) is 0 Å². The van der Waals surface area contributed by atoms with Gasteiger partial charge in [-0.3, -0.25) is 9.69 Å². The van der Waals surface area contributed by atoms with E-state index < -0.39 is 12.0 Å². The molecule has 5 nitrogen and oxygen atoms in total. The van der Waals surface area contributed by atoms with Crippen molar-refractivity contribution in [1.82, 2.24) is 15.1 Å². The number of nitrogens with one attached hydrogen (secondary N) is 1. The number of aliphatic carboxylic acids is 1. The molecule has 5 heteroatoms. The van der Waals surface area contributed by atoms with E-state index >= 15 is 0 Å². The maximum Gasteiger partial charge on any atom is 0.322 e. The van der Waals surface area contributed by atoms with E-state index in [0.29, 0.717) is 12.6 Å². The van der Waals surface area contributed by atoms with Gasteiger partial charge in [-0.2, -0.15) is 0 Å². The number of carboxylic acids is 1. The van der Waals surface area contributed by atoms with Gasteiger partial charge in [0.2, 0.25) is 0 Å². The van der Waals surface area contributed by atoms with Crippen LogP contribution in [0.2, 0.25) is 0 Å². The van der Waals surface area contributed by atoms with Gasteiger partial charge < -0.3 is 15.3 Å². The monoisotopic (exact) mass is 229 g/mol. The molecular weight excluding hydrogens is 206 g/mol. The first-order valence-electron chi connectivity index (χ1n) is 5.83. The van der Waals surface area contributed by atoms with Crippen LogP contribution < -0.4 is 5.32 Å². The highest BCUT2D eigenvalue weighted by molar-refractivity contribution is 5.73. The summed E-state index contributed by atoms with van der Waals surface area (Å²) >= 11 is 0. The van der Waals surface area contributed by atoms with Crippen molar-refractivity contribution in [3.63, 3.8) is 0 Å². The summed E-state index contributed by atoms with van der Waals surface area (Å²) in [5.41, 5.74) is 0. The fourth-order valence-corrected chi connectivity index (χ4v) is 2.29. The molecule has 1 aliphatic heterocycles. The fourth-order valence-electron chi connectivity index (χ4n) is 2.29. The maximum atomic E-state index is 10.9. The third-order valence-corrected chi connectivity index (χ3v) is 3.14. The summed E-state index contributed by atoms with van der Waals surface area (Å²) in [5.74, 6) is -0.766. The minimum atomic E-state index is -0.766. The van der Waals surface area contributed by atoms with Gasteiger partial charge in [-0.05, 0) is 40.5 Å². The molecule has 1 aliphatic rings. The Kier molecular flexibility index (Phi) is 5.18. The van der Waals surface area contributed by atoms with Crippen molar-refractivity contribution >= 4 is 5.97 Å². The smallest absolute Gasteiger partial charge is 0.322 e. The molecule has 2 atom stereocenters. The molecule has 0 aromatic carbocycles. The van der Waals surface area contributed by atoms with Gasteiger partial charge in [0.25, 0.3) is 0 Å². The largest absolute Gasteiger partial charge is 0.480 e. The summed E-state index contributed by atoms with van der Waals surface area (Å²) in [6.45, 7) is 2.63. The van der Waals surface area contributed by atoms with Gasteiger partial charge in [0.1, 0.15) is 6.04 Å². The number of nitrogens with zero attached hydrogens (tertiary/aromatic N) is 2. The van der Waals surface area contributed by atoms with Gasteiger partial charge in [-0.1, -0.05) is 0 Å². The van der Waals surface area contributed by atoms with Crippen LogP contribution in [0.5, 0.6) is 0 Å². The second-order valence-electron chi connectivity index (χ2n) is 4.73. The molecule has 0 radical (unpaired) electrons. The minimum absolute atomic E-state index is 0.456. The van der Waals surface area contributed by atoms with Crippen LogP contribution in [-0.4, -0.2) is 73.7 Å². The van der Waals surface area contributed by atoms with Crippen molar-refractivity contribution < 1.29 is 9.90 Å². The molecule has 1 fully saturated rings. The van der Waals surface area contributed by atoms with Crippen molar-refractivity contribution in [2.45, 2.75) is 24.9 Å². The topological polar surface area (TPSA) is 55.8 Å². The Labute approximate surface area is 97.4 Å². The predicted molar refractivity (Wildman–Crippen MR) is 63.6 cm³/mol. The van der Waals surface area contributed by atoms with E-state index in [1.54, 1.807) is 7.05 Å². The molecule has 0 spiro atoms. The summed E-state index contributed by atoms with van der Waals surface area (Å²) < 4.78 is 0. The lowest BCUT2D eigenvalue weighted by Crippen LogP contribution is -2.48. The number of carbonyl (C=O) groups is 1. The van der Waals surface area contributed by atoms with E-state index in [0.717, 1.165) is 13.1 Å². The van der Waals surface area contributed by atoms with Crippen LogP contribution in [0, 0.1) is 0 Å². The van der Waals surface area contributed by atoms with Crippen molar-refractivity contribution in [2.75, 3.05) is 40.8 Å². The van der Waals surface area contributed by atoms with Crippen molar-refractivity contribution in [3.05, 3.63) is 0 Å². The van der Waals surface area contributed by atoms with E-state index in [2.05, 4.69) is 29.2 Å². The highest BCUT2D eigenvalue weighted by atomic mass is 16.4. The van der Waals surface area contributed by atoms with Crippen LogP contribution in [0.1, 0.15) is 12.8 Å². The van der Waals surface area contributed by atoms with Gasteiger partial charge >= 0.3 is 5.97 Å². The van der Waals surface area contributed by atoms with Crippen LogP contribution in [0.4, 0.5) is 0 Å². The predicted octanol–water partition coefficient (Wildman–Crippen LogP) is -0.315. The molecule has 1 heterocycles. The molecule has 2 N–H and O–H groups in total. The molecule has 94 valence electrons. The van der Waals surface area contributed by atoms with Gasteiger partial charge in [-0.25, -0.2) is 0 Å². The Balaban J connectivity index is 2.48. The normalized spacial score (nSPS) is 23.9. The third kappa shape index (κ3) is 3.73. The summed E-state index contributed by atoms with van der Waals surface area (Å²) in [4.78, 5) is 15.4. The fraction of sp³-hybridized carbons (Fsp3) is 0.909. The van der Waals surface area contributed by atoms with Crippen LogP contribution in [0.15, 0.2) is 0 Å². The van der Waals surface area contributed by atoms with Gasteiger partial charge in [0, 0.05) is 19.1 Å². The second kappa shape index (κ2) is 6.18. The average molecular weight is 229 g/mol. The lowest BCUT2D eigenvalue weighted by atomic mass is 10.2. The SMILES string of the molecule is CNC(CN1CCCC1CN(C)C)C(=O)O. The maximum absolute atomic E-state index is 10.9. The van der Waals surface area contributed by atoms with Crippen LogP contribution in [-0.2, 0) is 4.79 Å². The molecule has 1 rings (SSSR count). The number of hydrogen-bond donors (Lipinski definition) is 2. The zero-order chi connectivity index (χ0) is 12.1. The number of hydrogen-bond acceptors (Lipinski definition) is 4. The standard InChI is InChI=1S/C11H23N3O2/c1-12-10(11(15)16)8-14-6-4-5-9(14)7-13(2)3/h9-10,12H,4-8H2,1-3H3,(H,15,16). The number of likely N-dealkylation sites (N-methyl/N-ethyl adjacent to an activating group) is 2. The van der Waals surface area contributed by atoms with Gasteiger partial charge in [0.05, 0.1) is 0 Å². The molecule has 0 amide bonds. The molecule has 0 saturated carbocycles. The summed E-state index contributed by atoms with van der Waals surface area (Å²) in [6, 6.07) is 0.0490. The molecule has 0 aromatic rings.